The van der Waals surface area contributed by atoms with Gasteiger partial charge in [0.2, 0.25) is 5.91 Å². The van der Waals surface area contributed by atoms with Crippen molar-refractivity contribution < 1.29 is 14.3 Å². The molecule has 1 N–H and O–H groups in total. The molecule has 0 spiro atoms. The Labute approximate surface area is 146 Å². The molecule has 1 aliphatic carbocycles. The Hall–Kier alpha value is -2.76. The highest BCUT2D eigenvalue weighted by Gasteiger charge is 2.33. The van der Waals surface area contributed by atoms with E-state index in [4.69, 9.17) is 9.47 Å². The maximum Gasteiger partial charge on any atom is 0.244 e. The molecule has 1 fully saturated rings. The number of carbonyl (C=O) groups excluding carboxylic acids is 1. The van der Waals surface area contributed by atoms with Gasteiger partial charge >= 0.3 is 0 Å². The van der Waals surface area contributed by atoms with Gasteiger partial charge in [-0.25, -0.2) is 0 Å². The highest BCUT2D eigenvalue weighted by atomic mass is 16.6. The second-order valence-corrected chi connectivity index (χ2v) is 6.51. The summed E-state index contributed by atoms with van der Waals surface area (Å²) in [5, 5.41) is 7.22. The molecular weight excluding hydrogens is 318 g/mol. The molecule has 0 unspecified atom stereocenters. The van der Waals surface area contributed by atoms with Crippen molar-refractivity contribution in [2.45, 2.75) is 18.9 Å². The smallest absolute Gasteiger partial charge is 0.244 e. The van der Waals surface area contributed by atoms with Crippen LogP contribution < -0.4 is 14.8 Å². The first-order chi connectivity index (χ1) is 12.2. The van der Waals surface area contributed by atoms with E-state index >= 15 is 0 Å². The monoisotopic (exact) mass is 339 g/mol. The predicted octanol–water partition coefficient (Wildman–Crippen LogP) is 2.47. The quantitative estimate of drug-likeness (QED) is 0.850. The van der Waals surface area contributed by atoms with E-state index in [1.807, 2.05) is 31.4 Å². The molecule has 1 aromatic heterocycles. The van der Waals surface area contributed by atoms with Crippen molar-refractivity contribution in [1.82, 2.24) is 15.1 Å². The fourth-order valence-electron chi connectivity index (χ4n) is 3.06. The number of hydrogen-bond acceptors (Lipinski definition) is 4. The maximum absolute atomic E-state index is 12.3. The van der Waals surface area contributed by atoms with Crippen LogP contribution in [0.2, 0.25) is 0 Å². The zero-order valence-corrected chi connectivity index (χ0v) is 14.1. The second kappa shape index (κ2) is 6.63. The number of nitrogens with zero attached hydrogens (tertiary/aromatic N) is 2. The highest BCUT2D eigenvalue weighted by Crippen LogP contribution is 2.43. The molecule has 0 bridgehead atoms. The van der Waals surface area contributed by atoms with Crippen LogP contribution in [0.1, 0.15) is 30.0 Å². The van der Waals surface area contributed by atoms with E-state index in [2.05, 4.69) is 10.4 Å². The first-order valence-electron chi connectivity index (χ1n) is 8.56. The summed E-state index contributed by atoms with van der Waals surface area (Å²) in [4.78, 5) is 12.3. The van der Waals surface area contributed by atoms with Gasteiger partial charge in [-0.15, -0.1) is 0 Å². The van der Waals surface area contributed by atoms with Crippen molar-refractivity contribution in [3.8, 4) is 11.5 Å². The van der Waals surface area contributed by atoms with E-state index in [9.17, 15) is 4.79 Å². The molecule has 1 aromatic carbocycles. The van der Waals surface area contributed by atoms with Gasteiger partial charge < -0.3 is 14.8 Å². The SMILES string of the molecule is Cn1cc(/C=C\C(=O)N[C@H](c2ccc3c(c2)OCCO3)C2CC2)cn1. The molecule has 1 aliphatic heterocycles. The van der Waals surface area contributed by atoms with Gasteiger partial charge in [0.1, 0.15) is 13.2 Å². The molecule has 0 radical (unpaired) electrons. The molecule has 0 saturated heterocycles. The van der Waals surface area contributed by atoms with Gasteiger partial charge in [0.15, 0.2) is 11.5 Å². The van der Waals surface area contributed by atoms with Gasteiger partial charge in [-0.1, -0.05) is 6.07 Å². The van der Waals surface area contributed by atoms with E-state index in [1.54, 1.807) is 23.0 Å². The molecule has 1 amide bonds. The largest absolute Gasteiger partial charge is 0.486 e. The third-order valence-electron chi connectivity index (χ3n) is 4.47. The summed E-state index contributed by atoms with van der Waals surface area (Å²) in [6.45, 7) is 1.14. The van der Waals surface area contributed by atoms with Gasteiger partial charge in [0, 0.05) is 24.9 Å². The van der Waals surface area contributed by atoms with Crippen LogP contribution in [0, 0.1) is 5.92 Å². The molecule has 1 saturated carbocycles. The molecule has 2 aromatic rings. The Morgan fingerprint density at radius 2 is 2.12 bits per heavy atom. The fraction of sp³-hybridized carbons (Fsp3) is 0.368. The lowest BCUT2D eigenvalue weighted by atomic mass is 10.0. The predicted molar refractivity (Wildman–Crippen MR) is 93.3 cm³/mol. The van der Waals surface area contributed by atoms with E-state index in [0.29, 0.717) is 19.1 Å². The van der Waals surface area contributed by atoms with Crippen LogP contribution in [0.5, 0.6) is 11.5 Å². The number of aryl methyl sites for hydroxylation is 1. The minimum atomic E-state index is -0.101. The topological polar surface area (TPSA) is 65.4 Å². The third kappa shape index (κ3) is 3.68. The van der Waals surface area contributed by atoms with Crippen LogP contribution in [0.15, 0.2) is 36.7 Å². The fourth-order valence-corrected chi connectivity index (χ4v) is 3.06. The molecule has 130 valence electrons. The summed E-state index contributed by atoms with van der Waals surface area (Å²) >= 11 is 0. The van der Waals surface area contributed by atoms with Crippen LogP contribution in [-0.4, -0.2) is 28.9 Å². The Morgan fingerprint density at radius 3 is 2.84 bits per heavy atom. The zero-order chi connectivity index (χ0) is 17.2. The average Bonchev–Trinajstić information content (AvgIpc) is 3.39. The van der Waals surface area contributed by atoms with Crippen molar-refractivity contribution in [2.24, 2.45) is 13.0 Å². The summed E-state index contributed by atoms with van der Waals surface area (Å²) in [7, 11) is 1.85. The van der Waals surface area contributed by atoms with Gasteiger partial charge in [-0.05, 0) is 42.5 Å². The standard InChI is InChI=1S/C19H21N3O3/c1-22-12-13(11-20-22)2-7-18(23)21-19(14-3-4-14)15-5-6-16-17(10-15)25-9-8-24-16/h2,5-7,10-12,14,19H,3-4,8-9H2,1H3,(H,21,23)/b7-2-/t19-/m0/s1. The van der Waals surface area contributed by atoms with E-state index in [-0.39, 0.29) is 11.9 Å². The van der Waals surface area contributed by atoms with Crippen LogP contribution in [0.3, 0.4) is 0 Å². The normalized spacial score (nSPS) is 17.5. The molecule has 6 nitrogen and oxygen atoms in total. The molecule has 1 atom stereocenters. The molecule has 6 heteroatoms. The highest BCUT2D eigenvalue weighted by molar-refractivity contribution is 5.92. The molecule has 2 aliphatic rings. The lowest BCUT2D eigenvalue weighted by molar-refractivity contribution is -0.117. The number of hydrogen-bond donors (Lipinski definition) is 1. The summed E-state index contributed by atoms with van der Waals surface area (Å²) in [6.07, 6.45) is 9.18. The van der Waals surface area contributed by atoms with Gasteiger partial charge in [0.05, 0.1) is 12.2 Å². The van der Waals surface area contributed by atoms with Crippen molar-refractivity contribution in [1.29, 1.82) is 0 Å². The van der Waals surface area contributed by atoms with Crippen molar-refractivity contribution in [2.75, 3.05) is 13.2 Å². The van der Waals surface area contributed by atoms with E-state index in [0.717, 1.165) is 35.5 Å². The Kier molecular flexibility index (Phi) is 4.17. The molecule has 4 rings (SSSR count). The third-order valence-corrected chi connectivity index (χ3v) is 4.47. The minimum Gasteiger partial charge on any atom is -0.486 e. The lowest BCUT2D eigenvalue weighted by Crippen LogP contribution is -2.28. The summed E-state index contributed by atoms with van der Waals surface area (Å²) in [5.41, 5.74) is 1.97. The van der Waals surface area contributed by atoms with Crippen molar-refractivity contribution in [3.05, 3.63) is 47.8 Å². The maximum atomic E-state index is 12.3. The second-order valence-electron chi connectivity index (χ2n) is 6.51. The Morgan fingerprint density at radius 1 is 1.32 bits per heavy atom. The number of nitrogens with one attached hydrogen (secondary N) is 1. The van der Waals surface area contributed by atoms with Crippen LogP contribution in [0.25, 0.3) is 6.08 Å². The minimum absolute atomic E-state index is 0.00174. The zero-order valence-electron chi connectivity index (χ0n) is 14.1. The van der Waals surface area contributed by atoms with Crippen molar-refractivity contribution >= 4 is 12.0 Å². The number of ether oxygens (including phenoxy) is 2. The van der Waals surface area contributed by atoms with Gasteiger partial charge in [-0.2, -0.15) is 5.10 Å². The number of rotatable bonds is 5. The van der Waals surface area contributed by atoms with Crippen LogP contribution >= 0.6 is 0 Å². The Bertz CT molecular complexity index is 808. The number of amides is 1. The van der Waals surface area contributed by atoms with Crippen LogP contribution in [0.4, 0.5) is 0 Å². The van der Waals surface area contributed by atoms with Crippen molar-refractivity contribution in [3.63, 3.8) is 0 Å². The average molecular weight is 339 g/mol. The number of benzene rings is 1. The van der Waals surface area contributed by atoms with E-state index < -0.39 is 0 Å². The summed E-state index contributed by atoms with van der Waals surface area (Å²) in [5.74, 6) is 1.91. The summed E-state index contributed by atoms with van der Waals surface area (Å²) < 4.78 is 12.9. The number of fused-ring (bicyclic) bond motifs is 1. The summed E-state index contributed by atoms with van der Waals surface area (Å²) in [6, 6.07) is 5.93. The molecule has 2 heterocycles. The first-order valence-corrected chi connectivity index (χ1v) is 8.56. The number of aromatic nitrogens is 2. The Balaban J connectivity index is 1.48. The number of carbonyl (C=O) groups is 1. The molecular formula is C19H21N3O3. The van der Waals surface area contributed by atoms with E-state index in [1.165, 1.54) is 0 Å². The first kappa shape index (κ1) is 15.7. The van der Waals surface area contributed by atoms with Crippen LogP contribution in [-0.2, 0) is 11.8 Å². The van der Waals surface area contributed by atoms with Gasteiger partial charge in [0.25, 0.3) is 0 Å². The lowest BCUT2D eigenvalue weighted by Gasteiger charge is -2.22. The molecule has 25 heavy (non-hydrogen) atoms. The van der Waals surface area contributed by atoms with Gasteiger partial charge in [-0.3, -0.25) is 9.48 Å².